The van der Waals surface area contributed by atoms with E-state index in [1.54, 1.807) is 19.1 Å². The zero-order valence-corrected chi connectivity index (χ0v) is 9.84. The van der Waals surface area contributed by atoms with Crippen LogP contribution in [-0.4, -0.2) is 34.0 Å². The number of hydrogen-bond donors (Lipinski definition) is 1. The Labute approximate surface area is 99.0 Å². The smallest absolute Gasteiger partial charge is 0.326 e. The molecule has 1 unspecified atom stereocenters. The number of carbonyl (C=O) groups is 2. The fraction of sp³-hybridized carbons (Fsp3) is 0.500. The molecule has 0 aromatic carbocycles. The number of rotatable bonds is 4. The maximum Gasteiger partial charge on any atom is 0.326 e. The molecule has 1 N–H and O–H groups in total. The molecule has 1 aliphatic carbocycles. The average Bonchev–Trinajstić information content (AvgIpc) is 3.00. The quantitative estimate of drug-likeness (QED) is 0.864. The van der Waals surface area contributed by atoms with Gasteiger partial charge in [0.25, 0.3) is 5.91 Å². The van der Waals surface area contributed by atoms with Gasteiger partial charge in [0.05, 0.1) is 0 Å². The molecule has 1 saturated carbocycles. The Morgan fingerprint density at radius 3 is 2.53 bits per heavy atom. The second-order valence-electron chi connectivity index (χ2n) is 4.37. The fourth-order valence-electron chi connectivity index (χ4n) is 1.81. The van der Waals surface area contributed by atoms with E-state index >= 15 is 0 Å². The predicted octanol–water partition coefficient (Wildman–Crippen LogP) is 1.67. The molecule has 2 rings (SSSR count). The van der Waals surface area contributed by atoms with Crippen molar-refractivity contribution < 1.29 is 19.1 Å². The lowest BCUT2D eigenvalue weighted by Crippen LogP contribution is -2.44. The Kier molecular flexibility index (Phi) is 2.92. The van der Waals surface area contributed by atoms with Crippen molar-refractivity contribution in [1.82, 2.24) is 4.90 Å². The molecule has 5 heteroatoms. The summed E-state index contributed by atoms with van der Waals surface area (Å²) in [6.45, 7) is 3.27. The Morgan fingerprint density at radius 1 is 1.47 bits per heavy atom. The van der Waals surface area contributed by atoms with Gasteiger partial charge in [-0.2, -0.15) is 0 Å². The molecule has 0 radical (unpaired) electrons. The van der Waals surface area contributed by atoms with E-state index in [9.17, 15) is 9.59 Å². The van der Waals surface area contributed by atoms with Crippen LogP contribution in [-0.2, 0) is 4.79 Å². The lowest BCUT2D eigenvalue weighted by atomic mass is 10.2. The van der Waals surface area contributed by atoms with Crippen LogP contribution in [0.25, 0.3) is 0 Å². The maximum absolute atomic E-state index is 12.2. The van der Waals surface area contributed by atoms with E-state index in [1.165, 1.54) is 11.8 Å². The van der Waals surface area contributed by atoms with Crippen LogP contribution in [0, 0.1) is 6.92 Å². The molecule has 1 amide bonds. The molecule has 0 saturated heterocycles. The van der Waals surface area contributed by atoms with Gasteiger partial charge in [0.2, 0.25) is 0 Å². The third-order valence-electron chi connectivity index (χ3n) is 2.90. The van der Waals surface area contributed by atoms with Crippen molar-refractivity contribution in [3.63, 3.8) is 0 Å². The first kappa shape index (κ1) is 11.7. The molecular formula is C12H15NO4. The molecule has 1 heterocycles. The SMILES string of the molecule is Cc1ccc(C(=O)N(C2CC2)C(C)C(=O)O)o1. The highest BCUT2D eigenvalue weighted by Crippen LogP contribution is 2.30. The van der Waals surface area contributed by atoms with Crippen LogP contribution in [0.5, 0.6) is 0 Å². The number of nitrogens with zero attached hydrogens (tertiary/aromatic N) is 1. The standard InChI is InChI=1S/C12H15NO4/c1-7-3-6-10(17-7)11(14)13(9-4-5-9)8(2)12(15)16/h3,6,8-9H,4-5H2,1-2H3,(H,15,16). The summed E-state index contributed by atoms with van der Waals surface area (Å²) in [4.78, 5) is 24.5. The number of furan rings is 1. The Morgan fingerprint density at radius 2 is 2.12 bits per heavy atom. The Balaban J connectivity index is 2.21. The second kappa shape index (κ2) is 4.24. The number of aliphatic carboxylic acids is 1. The van der Waals surface area contributed by atoms with Gasteiger partial charge < -0.3 is 14.4 Å². The predicted molar refractivity (Wildman–Crippen MR) is 59.7 cm³/mol. The van der Waals surface area contributed by atoms with Crippen LogP contribution < -0.4 is 0 Å². The first-order valence-electron chi connectivity index (χ1n) is 5.62. The molecule has 0 bridgehead atoms. The number of carboxylic acids is 1. The van der Waals surface area contributed by atoms with Gasteiger partial charge in [0.1, 0.15) is 11.8 Å². The molecule has 92 valence electrons. The molecule has 0 aliphatic heterocycles. The zero-order valence-electron chi connectivity index (χ0n) is 9.84. The summed E-state index contributed by atoms with van der Waals surface area (Å²) in [5.74, 6) is -0.474. The van der Waals surface area contributed by atoms with Gasteiger partial charge >= 0.3 is 5.97 Å². The van der Waals surface area contributed by atoms with Crippen molar-refractivity contribution in [1.29, 1.82) is 0 Å². The topological polar surface area (TPSA) is 70.8 Å². The van der Waals surface area contributed by atoms with Crippen molar-refractivity contribution in [3.8, 4) is 0 Å². The second-order valence-corrected chi connectivity index (χ2v) is 4.37. The van der Waals surface area contributed by atoms with Crippen molar-refractivity contribution in [3.05, 3.63) is 23.7 Å². The van der Waals surface area contributed by atoms with Crippen molar-refractivity contribution >= 4 is 11.9 Å². The summed E-state index contributed by atoms with van der Waals surface area (Å²) < 4.78 is 5.25. The lowest BCUT2D eigenvalue weighted by molar-refractivity contribution is -0.141. The maximum atomic E-state index is 12.2. The minimum atomic E-state index is -0.992. The largest absolute Gasteiger partial charge is 0.480 e. The summed E-state index contributed by atoms with van der Waals surface area (Å²) in [6, 6.07) is 2.50. The molecule has 5 nitrogen and oxygen atoms in total. The van der Waals surface area contributed by atoms with Crippen LogP contribution in [0.2, 0.25) is 0 Å². The summed E-state index contributed by atoms with van der Waals surface area (Å²) in [5.41, 5.74) is 0. The number of carbonyl (C=O) groups excluding carboxylic acids is 1. The van der Waals surface area contributed by atoms with E-state index in [2.05, 4.69) is 0 Å². The van der Waals surface area contributed by atoms with Crippen molar-refractivity contribution in [2.24, 2.45) is 0 Å². The van der Waals surface area contributed by atoms with Gasteiger partial charge in [-0.25, -0.2) is 4.79 Å². The number of carboxylic acid groups (broad SMARTS) is 1. The summed E-state index contributed by atoms with van der Waals surface area (Å²) >= 11 is 0. The van der Waals surface area contributed by atoms with Crippen molar-refractivity contribution in [2.45, 2.75) is 38.8 Å². The van der Waals surface area contributed by atoms with E-state index < -0.39 is 12.0 Å². The monoisotopic (exact) mass is 237 g/mol. The molecule has 1 atom stereocenters. The molecule has 1 aromatic rings. The van der Waals surface area contributed by atoms with E-state index in [1.807, 2.05) is 0 Å². The number of aryl methyl sites for hydroxylation is 1. The van der Waals surface area contributed by atoms with Crippen LogP contribution in [0.4, 0.5) is 0 Å². The van der Waals surface area contributed by atoms with E-state index in [0.29, 0.717) is 5.76 Å². The molecule has 1 aliphatic rings. The van der Waals surface area contributed by atoms with Gasteiger partial charge in [-0.05, 0) is 38.8 Å². The van der Waals surface area contributed by atoms with Crippen LogP contribution in [0.3, 0.4) is 0 Å². The van der Waals surface area contributed by atoms with E-state index in [4.69, 9.17) is 9.52 Å². The minimum absolute atomic E-state index is 0.0407. The van der Waals surface area contributed by atoms with Crippen molar-refractivity contribution in [2.75, 3.05) is 0 Å². The van der Waals surface area contributed by atoms with Gasteiger partial charge in [0.15, 0.2) is 5.76 Å². The van der Waals surface area contributed by atoms with Gasteiger partial charge in [-0.3, -0.25) is 4.79 Å². The Bertz CT molecular complexity index is 447. The highest BCUT2D eigenvalue weighted by Gasteiger charge is 2.39. The first-order valence-corrected chi connectivity index (χ1v) is 5.62. The lowest BCUT2D eigenvalue weighted by Gasteiger charge is -2.25. The Hall–Kier alpha value is -1.78. The zero-order chi connectivity index (χ0) is 12.6. The van der Waals surface area contributed by atoms with E-state index in [-0.39, 0.29) is 17.7 Å². The van der Waals surface area contributed by atoms with Gasteiger partial charge in [-0.1, -0.05) is 0 Å². The summed E-state index contributed by atoms with van der Waals surface area (Å²) in [6.07, 6.45) is 1.73. The number of amides is 1. The third-order valence-corrected chi connectivity index (χ3v) is 2.90. The molecule has 1 fully saturated rings. The van der Waals surface area contributed by atoms with Crippen LogP contribution in [0.15, 0.2) is 16.5 Å². The minimum Gasteiger partial charge on any atom is -0.480 e. The highest BCUT2D eigenvalue weighted by atomic mass is 16.4. The molecule has 1 aromatic heterocycles. The molecular weight excluding hydrogens is 222 g/mol. The fourth-order valence-corrected chi connectivity index (χ4v) is 1.81. The van der Waals surface area contributed by atoms with Gasteiger partial charge in [0, 0.05) is 6.04 Å². The molecule has 0 spiro atoms. The third kappa shape index (κ3) is 2.33. The van der Waals surface area contributed by atoms with Gasteiger partial charge in [-0.15, -0.1) is 0 Å². The van der Waals surface area contributed by atoms with Crippen LogP contribution >= 0.6 is 0 Å². The normalized spacial score (nSPS) is 16.6. The van der Waals surface area contributed by atoms with Crippen LogP contribution in [0.1, 0.15) is 36.1 Å². The first-order chi connectivity index (χ1) is 8.00. The number of hydrogen-bond acceptors (Lipinski definition) is 3. The summed E-state index contributed by atoms with van der Waals surface area (Å²) in [5, 5.41) is 9.01. The average molecular weight is 237 g/mol. The van der Waals surface area contributed by atoms with E-state index in [0.717, 1.165) is 12.8 Å². The highest BCUT2D eigenvalue weighted by molar-refractivity contribution is 5.94. The molecule has 17 heavy (non-hydrogen) atoms. The summed E-state index contributed by atoms with van der Waals surface area (Å²) in [7, 11) is 0.